The molecule has 162 valence electrons. The molecule has 2 aliphatic heterocycles. The third-order valence-corrected chi connectivity index (χ3v) is 8.16. The molecule has 0 amide bonds. The molecule has 0 N–H and O–H groups in total. The summed E-state index contributed by atoms with van der Waals surface area (Å²) < 4.78 is 5.00. The summed E-state index contributed by atoms with van der Waals surface area (Å²) in [7, 11) is 0. The van der Waals surface area contributed by atoms with Gasteiger partial charge in [0.15, 0.2) is 0 Å². The van der Waals surface area contributed by atoms with Crippen LogP contribution in [0.4, 0.5) is 0 Å². The number of nitrogens with zero attached hydrogens (tertiary/aromatic N) is 4. The van der Waals surface area contributed by atoms with Gasteiger partial charge in [0.2, 0.25) is 0 Å². The Bertz CT molecular complexity index is 2100. The maximum absolute atomic E-state index is 4.93. The summed E-state index contributed by atoms with van der Waals surface area (Å²) in [6.45, 7) is 4.46. The van der Waals surface area contributed by atoms with E-state index in [2.05, 4.69) is 96.0 Å². The Morgan fingerprint density at radius 1 is 0.771 bits per heavy atom. The zero-order chi connectivity index (χ0) is 23.0. The Morgan fingerprint density at radius 3 is 2.60 bits per heavy atom. The minimum Gasteiger partial charge on any atom is -0.375 e. The van der Waals surface area contributed by atoms with Gasteiger partial charge in [0.25, 0.3) is 0 Å². The average molecular weight is 446 g/mol. The number of aromatic nitrogens is 4. The highest BCUT2D eigenvalue weighted by Gasteiger charge is 2.41. The lowest BCUT2D eigenvalue weighted by Crippen LogP contribution is -2.55. The van der Waals surface area contributed by atoms with Crippen molar-refractivity contribution >= 4 is 61.5 Å². The lowest BCUT2D eigenvalue weighted by molar-refractivity contribution is 1.13. The van der Waals surface area contributed by atoms with E-state index in [1.165, 1.54) is 77.1 Å². The van der Waals surface area contributed by atoms with Crippen molar-refractivity contribution in [3.8, 4) is 16.8 Å². The van der Waals surface area contributed by atoms with E-state index in [9.17, 15) is 0 Å². The van der Waals surface area contributed by atoms with Crippen LogP contribution >= 0.6 is 0 Å². The van der Waals surface area contributed by atoms with E-state index < -0.39 is 0 Å². The molecule has 0 fully saturated rings. The van der Waals surface area contributed by atoms with Gasteiger partial charge < -0.3 is 9.05 Å². The SMILES string of the molecule is Cc1cc(C)c2c(c1)c1nccc3c1n2-c1cncc2c1B3n1c3ccccc3c3cccc-2c31. The zero-order valence-corrected chi connectivity index (χ0v) is 19.4. The van der Waals surface area contributed by atoms with Gasteiger partial charge in [-0.3, -0.25) is 9.97 Å². The molecule has 0 radical (unpaired) electrons. The van der Waals surface area contributed by atoms with Gasteiger partial charge in [-0.25, -0.2) is 0 Å². The highest BCUT2D eigenvalue weighted by Crippen LogP contribution is 2.42. The molecule has 35 heavy (non-hydrogen) atoms. The number of aryl methyl sites for hydroxylation is 2. The molecule has 0 bridgehead atoms. The van der Waals surface area contributed by atoms with Crippen LogP contribution in [0.5, 0.6) is 0 Å². The van der Waals surface area contributed by atoms with Crippen molar-refractivity contribution < 1.29 is 0 Å². The standard InChI is InChI=1S/C30H19BN4/c1-16-12-17(2)28-21(13-16)27-30-23(10-11-33-27)31-26-22(14-32-15-25(26)34(28)30)20-8-5-7-19-18-6-3-4-9-24(18)35(31)29(19)20/h3-15H,1-2H3. The second kappa shape index (κ2) is 5.81. The number of hydrogen-bond acceptors (Lipinski definition) is 2. The zero-order valence-electron chi connectivity index (χ0n) is 19.4. The van der Waals surface area contributed by atoms with Crippen molar-refractivity contribution in [2.24, 2.45) is 0 Å². The Hall–Kier alpha value is -4.38. The second-order valence-corrected chi connectivity index (χ2v) is 10.0. The maximum Gasteiger partial charge on any atom is 0.333 e. The van der Waals surface area contributed by atoms with Crippen molar-refractivity contribution in [3.63, 3.8) is 0 Å². The van der Waals surface area contributed by atoms with Gasteiger partial charge in [0, 0.05) is 50.7 Å². The van der Waals surface area contributed by atoms with Crippen LogP contribution in [0.3, 0.4) is 0 Å². The van der Waals surface area contributed by atoms with Gasteiger partial charge in [-0.05, 0) is 48.5 Å². The van der Waals surface area contributed by atoms with Crippen LogP contribution in [0.25, 0.3) is 60.6 Å². The molecular formula is C30H19BN4. The number of fused-ring (bicyclic) bond motifs is 10. The summed E-state index contributed by atoms with van der Waals surface area (Å²) in [4.78, 5) is 9.72. The van der Waals surface area contributed by atoms with Crippen LogP contribution in [0.1, 0.15) is 11.1 Å². The van der Waals surface area contributed by atoms with E-state index in [-0.39, 0.29) is 6.85 Å². The fraction of sp³-hybridized carbons (Fsp3) is 0.0667. The highest BCUT2D eigenvalue weighted by atomic mass is 15.0. The van der Waals surface area contributed by atoms with E-state index in [0.717, 1.165) is 5.52 Å². The molecule has 2 aliphatic rings. The first kappa shape index (κ1) is 18.0. The molecule has 0 spiro atoms. The van der Waals surface area contributed by atoms with E-state index in [0.29, 0.717) is 0 Å². The molecule has 0 atom stereocenters. The van der Waals surface area contributed by atoms with Crippen molar-refractivity contribution in [2.45, 2.75) is 13.8 Å². The fourth-order valence-electron chi connectivity index (χ4n) is 7.01. The smallest absolute Gasteiger partial charge is 0.333 e. The molecule has 4 aromatic heterocycles. The summed E-state index contributed by atoms with van der Waals surface area (Å²) in [6.07, 6.45) is 6.11. The highest BCUT2D eigenvalue weighted by molar-refractivity contribution is 6.90. The molecule has 7 aromatic rings. The topological polar surface area (TPSA) is 35.6 Å². The summed E-state index contributed by atoms with van der Waals surface area (Å²) in [6, 6.07) is 22.3. The van der Waals surface area contributed by atoms with E-state index >= 15 is 0 Å². The van der Waals surface area contributed by atoms with Gasteiger partial charge in [-0.15, -0.1) is 0 Å². The van der Waals surface area contributed by atoms with Crippen LogP contribution in [-0.4, -0.2) is 25.9 Å². The molecule has 0 unspecified atom stereocenters. The summed E-state index contributed by atoms with van der Waals surface area (Å²) in [5, 5.41) is 3.82. The summed E-state index contributed by atoms with van der Waals surface area (Å²) in [5.74, 6) is 0. The predicted molar refractivity (Wildman–Crippen MR) is 145 cm³/mol. The van der Waals surface area contributed by atoms with Gasteiger partial charge in [-0.1, -0.05) is 48.0 Å². The number of para-hydroxylation sites is 2. The molecular weight excluding hydrogens is 427 g/mol. The molecule has 0 saturated heterocycles. The Kier molecular flexibility index (Phi) is 2.99. The van der Waals surface area contributed by atoms with E-state index in [1.807, 2.05) is 6.20 Å². The second-order valence-electron chi connectivity index (χ2n) is 10.0. The third kappa shape index (κ3) is 1.92. The van der Waals surface area contributed by atoms with Gasteiger partial charge in [0.1, 0.15) is 0 Å². The van der Waals surface area contributed by atoms with E-state index in [4.69, 9.17) is 9.97 Å². The van der Waals surface area contributed by atoms with Gasteiger partial charge in [-0.2, -0.15) is 0 Å². The number of rotatable bonds is 0. The van der Waals surface area contributed by atoms with Crippen LogP contribution in [0.2, 0.25) is 0 Å². The molecule has 4 nitrogen and oxygen atoms in total. The predicted octanol–water partition coefficient (Wildman–Crippen LogP) is 5.25. The minimum absolute atomic E-state index is 0.0732. The number of pyridine rings is 2. The first-order valence-corrected chi connectivity index (χ1v) is 12.1. The largest absolute Gasteiger partial charge is 0.375 e. The lowest BCUT2D eigenvalue weighted by Gasteiger charge is -2.33. The van der Waals surface area contributed by atoms with Crippen LogP contribution in [0, 0.1) is 13.8 Å². The minimum atomic E-state index is 0.0732. The molecule has 3 aromatic carbocycles. The molecule has 6 heterocycles. The Balaban J connectivity index is 1.59. The molecule has 5 heteroatoms. The average Bonchev–Trinajstić information content (AvgIpc) is 3.39. The monoisotopic (exact) mass is 446 g/mol. The lowest BCUT2D eigenvalue weighted by atomic mass is 9.46. The van der Waals surface area contributed by atoms with Crippen molar-refractivity contribution in [3.05, 3.63) is 90.4 Å². The fourth-order valence-corrected chi connectivity index (χ4v) is 7.01. The normalized spacial score (nSPS) is 13.4. The van der Waals surface area contributed by atoms with E-state index in [1.54, 1.807) is 0 Å². The summed E-state index contributed by atoms with van der Waals surface area (Å²) >= 11 is 0. The van der Waals surface area contributed by atoms with Crippen LogP contribution in [-0.2, 0) is 0 Å². The Morgan fingerprint density at radius 2 is 1.66 bits per heavy atom. The van der Waals surface area contributed by atoms with Crippen molar-refractivity contribution in [1.29, 1.82) is 0 Å². The first-order chi connectivity index (χ1) is 17.2. The van der Waals surface area contributed by atoms with Crippen LogP contribution in [0.15, 0.2) is 79.3 Å². The molecule has 0 saturated carbocycles. The Labute approximate surface area is 201 Å². The third-order valence-electron chi connectivity index (χ3n) is 8.16. The number of hydrogen-bond donors (Lipinski definition) is 0. The summed E-state index contributed by atoms with van der Waals surface area (Å²) in [5.41, 5.74) is 14.9. The molecule has 0 aliphatic carbocycles. The number of benzene rings is 3. The maximum atomic E-state index is 4.93. The van der Waals surface area contributed by atoms with Crippen molar-refractivity contribution in [2.75, 3.05) is 0 Å². The van der Waals surface area contributed by atoms with Crippen LogP contribution < -0.4 is 10.9 Å². The first-order valence-electron chi connectivity index (χ1n) is 12.1. The molecule has 9 rings (SSSR count). The quantitative estimate of drug-likeness (QED) is 0.299. The van der Waals surface area contributed by atoms with Crippen molar-refractivity contribution in [1.82, 2.24) is 19.0 Å². The van der Waals surface area contributed by atoms with Gasteiger partial charge >= 0.3 is 6.85 Å². The van der Waals surface area contributed by atoms with Gasteiger partial charge in [0.05, 0.1) is 28.4 Å².